The van der Waals surface area contributed by atoms with E-state index in [1.165, 1.54) is 39.1 Å². The number of likely N-dealkylation sites (N-methyl/N-ethyl adjacent to an activating group) is 1. The van der Waals surface area contributed by atoms with Crippen molar-refractivity contribution >= 4 is 23.2 Å². The Kier molecular flexibility index (Phi) is 8.90. The summed E-state index contributed by atoms with van der Waals surface area (Å²) in [4.78, 5) is 14.7. The molecule has 0 radical (unpaired) electrons. The number of rotatable bonds is 7. The van der Waals surface area contributed by atoms with Crippen LogP contribution >= 0.6 is 11.6 Å². The van der Waals surface area contributed by atoms with Crippen LogP contribution in [0.25, 0.3) is 0 Å². The lowest BCUT2D eigenvalue weighted by molar-refractivity contribution is 0.152. The second-order valence-electron chi connectivity index (χ2n) is 8.01. The van der Waals surface area contributed by atoms with E-state index in [2.05, 4.69) is 51.0 Å². The first-order valence-corrected chi connectivity index (χ1v) is 11.5. The number of para-hydroxylation sites is 1. The topological polar surface area (TPSA) is 37.4 Å². The van der Waals surface area contributed by atoms with E-state index in [0.717, 1.165) is 62.4 Å². The molecule has 2 saturated heterocycles. The molecular weight excluding hydrogens is 384 g/mol. The highest BCUT2D eigenvalue weighted by molar-refractivity contribution is 6.33. The molecule has 0 atom stereocenters. The van der Waals surface area contributed by atoms with Gasteiger partial charge in [-0.1, -0.05) is 23.7 Å². The van der Waals surface area contributed by atoms with Gasteiger partial charge in [0.1, 0.15) is 0 Å². The van der Waals surface area contributed by atoms with E-state index >= 15 is 0 Å². The van der Waals surface area contributed by atoms with E-state index in [9.17, 15) is 0 Å². The first kappa shape index (κ1) is 22.2. The summed E-state index contributed by atoms with van der Waals surface area (Å²) < 4.78 is 0. The molecule has 0 saturated carbocycles. The molecule has 2 fully saturated rings. The van der Waals surface area contributed by atoms with E-state index < -0.39 is 0 Å². The van der Waals surface area contributed by atoms with Crippen molar-refractivity contribution < 1.29 is 0 Å². The van der Waals surface area contributed by atoms with Gasteiger partial charge >= 0.3 is 0 Å². The number of unbranched alkanes of at least 4 members (excludes halogenated alkanes) is 1. The molecule has 1 aromatic rings. The Morgan fingerprint density at radius 1 is 1.00 bits per heavy atom. The zero-order valence-electron chi connectivity index (χ0n) is 18.1. The molecule has 6 nitrogen and oxygen atoms in total. The van der Waals surface area contributed by atoms with Crippen LogP contribution in [0, 0.1) is 0 Å². The first-order chi connectivity index (χ1) is 14.2. The van der Waals surface area contributed by atoms with Crippen LogP contribution in [0.4, 0.5) is 5.69 Å². The number of halogens is 1. The summed E-state index contributed by atoms with van der Waals surface area (Å²) in [6, 6.07) is 8.12. The number of piperazine rings is 2. The van der Waals surface area contributed by atoms with Gasteiger partial charge in [0.25, 0.3) is 0 Å². The molecule has 2 aliphatic heterocycles. The van der Waals surface area contributed by atoms with Gasteiger partial charge in [0.05, 0.1) is 10.7 Å². The molecule has 0 unspecified atom stereocenters. The third kappa shape index (κ3) is 6.76. The van der Waals surface area contributed by atoms with Gasteiger partial charge in [-0.3, -0.25) is 4.99 Å². The maximum atomic E-state index is 6.37. The molecule has 0 bridgehead atoms. The average Bonchev–Trinajstić information content (AvgIpc) is 2.75. The van der Waals surface area contributed by atoms with Crippen LogP contribution < -0.4 is 10.2 Å². The SMILES string of the molecule is CCNC(=NCCCCN1CCN(C)CC1)N1CCN(c2ccccc2Cl)CC1. The highest BCUT2D eigenvalue weighted by Crippen LogP contribution is 2.26. The predicted octanol–water partition coefficient (Wildman–Crippen LogP) is 2.46. The molecular formula is C22H37ClN6. The molecule has 1 aromatic carbocycles. The van der Waals surface area contributed by atoms with Crippen LogP contribution in [-0.4, -0.2) is 99.7 Å². The molecule has 162 valence electrons. The normalized spacial score (nSPS) is 19.6. The number of nitrogens with one attached hydrogen (secondary N) is 1. The Balaban J connectivity index is 1.41. The van der Waals surface area contributed by atoms with Crippen molar-refractivity contribution in [3.05, 3.63) is 29.3 Å². The minimum atomic E-state index is 0.835. The van der Waals surface area contributed by atoms with Crippen molar-refractivity contribution in [3.63, 3.8) is 0 Å². The largest absolute Gasteiger partial charge is 0.367 e. The van der Waals surface area contributed by atoms with Crippen LogP contribution in [0.3, 0.4) is 0 Å². The van der Waals surface area contributed by atoms with Crippen molar-refractivity contribution in [2.75, 3.05) is 83.9 Å². The summed E-state index contributed by atoms with van der Waals surface area (Å²) >= 11 is 6.37. The Labute approximate surface area is 181 Å². The van der Waals surface area contributed by atoms with Crippen LogP contribution in [0.1, 0.15) is 19.8 Å². The summed E-state index contributed by atoms with van der Waals surface area (Å²) in [5.41, 5.74) is 1.14. The molecule has 0 aromatic heterocycles. The van der Waals surface area contributed by atoms with Crippen molar-refractivity contribution in [2.45, 2.75) is 19.8 Å². The molecule has 29 heavy (non-hydrogen) atoms. The lowest BCUT2D eigenvalue weighted by Gasteiger charge is -2.38. The summed E-state index contributed by atoms with van der Waals surface area (Å²) in [7, 11) is 2.21. The van der Waals surface area contributed by atoms with Crippen LogP contribution in [0.2, 0.25) is 5.02 Å². The van der Waals surface area contributed by atoms with Gasteiger partial charge in [0.15, 0.2) is 5.96 Å². The second-order valence-corrected chi connectivity index (χ2v) is 8.42. The maximum Gasteiger partial charge on any atom is 0.194 e. The van der Waals surface area contributed by atoms with E-state index in [1.807, 2.05) is 12.1 Å². The molecule has 2 aliphatic rings. The van der Waals surface area contributed by atoms with Crippen molar-refractivity contribution in [2.24, 2.45) is 4.99 Å². The third-order valence-corrected chi connectivity index (χ3v) is 6.17. The van der Waals surface area contributed by atoms with E-state index in [4.69, 9.17) is 16.6 Å². The van der Waals surface area contributed by atoms with Crippen molar-refractivity contribution in [1.29, 1.82) is 0 Å². The fourth-order valence-corrected chi connectivity index (χ4v) is 4.25. The number of guanidine groups is 1. The Hall–Kier alpha value is -1.50. The van der Waals surface area contributed by atoms with Crippen LogP contribution in [-0.2, 0) is 0 Å². The van der Waals surface area contributed by atoms with Crippen LogP contribution in [0.5, 0.6) is 0 Å². The first-order valence-electron chi connectivity index (χ1n) is 11.1. The lowest BCUT2D eigenvalue weighted by Crippen LogP contribution is -2.52. The monoisotopic (exact) mass is 420 g/mol. The van der Waals surface area contributed by atoms with Crippen molar-refractivity contribution in [3.8, 4) is 0 Å². The van der Waals surface area contributed by atoms with E-state index in [-0.39, 0.29) is 0 Å². The zero-order valence-corrected chi connectivity index (χ0v) is 18.9. The molecule has 1 N–H and O–H groups in total. The summed E-state index contributed by atoms with van der Waals surface area (Å²) in [5, 5.41) is 4.31. The summed E-state index contributed by atoms with van der Waals surface area (Å²) in [6.07, 6.45) is 2.38. The summed E-state index contributed by atoms with van der Waals surface area (Å²) in [5.74, 6) is 1.06. The van der Waals surface area contributed by atoms with Gasteiger partial charge in [-0.05, 0) is 45.5 Å². The Morgan fingerprint density at radius 2 is 1.72 bits per heavy atom. The number of anilines is 1. The third-order valence-electron chi connectivity index (χ3n) is 5.85. The maximum absolute atomic E-state index is 6.37. The standard InChI is InChI=1S/C22H37ClN6/c1-3-24-22(25-10-6-7-11-27-14-12-26(2)13-15-27)29-18-16-28(17-19-29)21-9-5-4-8-20(21)23/h4-5,8-9H,3,6-7,10-19H2,1-2H3,(H,24,25). The van der Waals surface area contributed by atoms with E-state index in [0.29, 0.717) is 0 Å². The molecule has 3 rings (SSSR count). The van der Waals surface area contributed by atoms with E-state index in [1.54, 1.807) is 0 Å². The van der Waals surface area contributed by atoms with Gasteiger partial charge in [0.2, 0.25) is 0 Å². The van der Waals surface area contributed by atoms with Crippen LogP contribution in [0.15, 0.2) is 29.3 Å². The lowest BCUT2D eigenvalue weighted by atomic mass is 10.2. The second kappa shape index (κ2) is 11.6. The van der Waals surface area contributed by atoms with Gasteiger partial charge in [-0.2, -0.15) is 0 Å². The Morgan fingerprint density at radius 3 is 2.41 bits per heavy atom. The number of hydrogen-bond donors (Lipinski definition) is 1. The Bertz CT molecular complexity index is 636. The summed E-state index contributed by atoms with van der Waals surface area (Å²) in [6.45, 7) is 13.8. The minimum Gasteiger partial charge on any atom is -0.367 e. The zero-order chi connectivity index (χ0) is 20.5. The number of nitrogens with zero attached hydrogens (tertiary/aromatic N) is 5. The van der Waals surface area contributed by atoms with Gasteiger partial charge in [-0.15, -0.1) is 0 Å². The number of hydrogen-bond acceptors (Lipinski definition) is 4. The highest BCUT2D eigenvalue weighted by atomic mass is 35.5. The van der Waals surface area contributed by atoms with Gasteiger partial charge in [0, 0.05) is 65.4 Å². The quantitative estimate of drug-likeness (QED) is 0.416. The average molecular weight is 421 g/mol. The fourth-order valence-electron chi connectivity index (χ4n) is 4.00. The molecule has 0 amide bonds. The number of aliphatic imine (C=N–C) groups is 1. The molecule has 7 heteroatoms. The number of benzene rings is 1. The highest BCUT2D eigenvalue weighted by Gasteiger charge is 2.21. The van der Waals surface area contributed by atoms with Gasteiger partial charge < -0.3 is 24.9 Å². The predicted molar refractivity (Wildman–Crippen MR) is 124 cm³/mol. The minimum absolute atomic E-state index is 0.835. The van der Waals surface area contributed by atoms with Crippen molar-refractivity contribution in [1.82, 2.24) is 20.0 Å². The smallest absolute Gasteiger partial charge is 0.194 e. The van der Waals surface area contributed by atoms with Gasteiger partial charge in [-0.25, -0.2) is 0 Å². The molecule has 0 spiro atoms. The fraction of sp³-hybridized carbons (Fsp3) is 0.682. The molecule has 2 heterocycles. The molecule has 0 aliphatic carbocycles.